The van der Waals surface area contributed by atoms with Crippen molar-refractivity contribution in [1.82, 2.24) is 19.7 Å². The second-order valence-corrected chi connectivity index (χ2v) is 5.90. The van der Waals surface area contributed by atoms with E-state index >= 15 is 0 Å². The van der Waals surface area contributed by atoms with Gasteiger partial charge in [-0.1, -0.05) is 11.6 Å². The van der Waals surface area contributed by atoms with E-state index in [9.17, 15) is 0 Å². The van der Waals surface area contributed by atoms with E-state index in [1.165, 1.54) is 31.3 Å². The molecule has 0 unspecified atom stereocenters. The number of nitrogens with one attached hydrogen (secondary N) is 1. The highest BCUT2D eigenvalue weighted by molar-refractivity contribution is 5.65. The predicted octanol–water partition coefficient (Wildman–Crippen LogP) is 3.41. The van der Waals surface area contributed by atoms with Crippen LogP contribution in [0.3, 0.4) is 0 Å². The number of rotatable bonds is 4. The molecule has 0 aliphatic heterocycles. The molecule has 0 fully saturated rings. The maximum absolute atomic E-state index is 4.66. The van der Waals surface area contributed by atoms with E-state index in [4.69, 9.17) is 0 Å². The molecule has 1 aliphatic carbocycles. The van der Waals surface area contributed by atoms with E-state index in [0.717, 1.165) is 29.2 Å². The minimum absolute atomic E-state index is 0.687. The van der Waals surface area contributed by atoms with Gasteiger partial charge in [0, 0.05) is 31.0 Å². The molecule has 0 aromatic carbocycles. The van der Waals surface area contributed by atoms with Crippen LogP contribution in [0.15, 0.2) is 23.9 Å². The largest absolute Gasteiger partial charge is 0.350 e. The van der Waals surface area contributed by atoms with E-state index in [1.54, 1.807) is 0 Å². The molecule has 1 N–H and O–H groups in total. The lowest BCUT2D eigenvalue weighted by atomic mass is 10.00. The predicted molar refractivity (Wildman–Crippen MR) is 88.7 cm³/mol. The van der Waals surface area contributed by atoms with E-state index < -0.39 is 0 Å². The van der Waals surface area contributed by atoms with Crippen molar-refractivity contribution in [3.8, 4) is 11.3 Å². The third kappa shape index (κ3) is 3.03. The fraction of sp³-hybridized carbons (Fsp3) is 0.471. The molecule has 2 aromatic rings. The third-order valence-corrected chi connectivity index (χ3v) is 4.28. The van der Waals surface area contributed by atoms with Crippen molar-refractivity contribution >= 4 is 5.95 Å². The molecule has 2 heterocycles. The zero-order chi connectivity index (χ0) is 15.5. The van der Waals surface area contributed by atoms with Crippen LogP contribution in [0.4, 0.5) is 5.95 Å². The van der Waals surface area contributed by atoms with Crippen molar-refractivity contribution in [3.05, 3.63) is 35.3 Å². The van der Waals surface area contributed by atoms with Gasteiger partial charge in [0.05, 0.1) is 11.4 Å². The Morgan fingerprint density at radius 2 is 2.14 bits per heavy atom. The number of hydrogen-bond donors (Lipinski definition) is 1. The molecule has 3 rings (SSSR count). The van der Waals surface area contributed by atoms with Crippen molar-refractivity contribution in [2.24, 2.45) is 7.05 Å². The Hall–Kier alpha value is -2.17. The Morgan fingerprint density at radius 1 is 1.27 bits per heavy atom. The van der Waals surface area contributed by atoms with Crippen molar-refractivity contribution in [1.29, 1.82) is 0 Å². The lowest BCUT2D eigenvalue weighted by Gasteiger charge is -2.13. The van der Waals surface area contributed by atoms with Gasteiger partial charge >= 0.3 is 0 Å². The normalized spacial score (nSPS) is 14.8. The molecule has 0 bridgehead atoms. The molecule has 2 aromatic heterocycles. The molecule has 22 heavy (non-hydrogen) atoms. The van der Waals surface area contributed by atoms with Gasteiger partial charge in [-0.25, -0.2) is 9.97 Å². The maximum atomic E-state index is 4.66. The summed E-state index contributed by atoms with van der Waals surface area (Å²) in [7, 11) is 1.96. The van der Waals surface area contributed by atoms with Crippen LogP contribution < -0.4 is 5.32 Å². The minimum Gasteiger partial charge on any atom is -0.350 e. The Morgan fingerprint density at radius 3 is 2.82 bits per heavy atom. The summed E-state index contributed by atoms with van der Waals surface area (Å²) >= 11 is 0. The molecular formula is C17H23N5. The van der Waals surface area contributed by atoms with Gasteiger partial charge in [0.1, 0.15) is 0 Å². The number of nitrogens with zero attached hydrogens (tertiary/aromatic N) is 4. The van der Waals surface area contributed by atoms with Gasteiger partial charge in [0.25, 0.3) is 0 Å². The first-order valence-corrected chi connectivity index (χ1v) is 7.90. The molecule has 1 aliphatic rings. The van der Waals surface area contributed by atoms with Crippen LogP contribution in [0, 0.1) is 13.8 Å². The SMILES string of the molecule is Cc1nn(C)c(C)c1-c1ccnc(NCC2=CCCCC2)n1. The maximum Gasteiger partial charge on any atom is 0.223 e. The van der Waals surface area contributed by atoms with Gasteiger partial charge in [-0.2, -0.15) is 5.10 Å². The standard InChI is InChI=1S/C17H23N5/c1-12-16(13(2)22(3)21-12)15-9-10-18-17(20-15)19-11-14-7-5-4-6-8-14/h7,9-10H,4-6,8,11H2,1-3H3,(H,18,19,20). The lowest BCUT2D eigenvalue weighted by molar-refractivity contribution is 0.694. The van der Waals surface area contributed by atoms with Gasteiger partial charge in [0.2, 0.25) is 5.95 Å². The second kappa shape index (κ2) is 6.30. The zero-order valence-corrected chi connectivity index (χ0v) is 13.6. The summed E-state index contributed by atoms with van der Waals surface area (Å²) in [5, 5.41) is 7.82. The Labute approximate surface area is 131 Å². The van der Waals surface area contributed by atoms with Crippen LogP contribution in [-0.4, -0.2) is 26.3 Å². The van der Waals surface area contributed by atoms with Crippen molar-refractivity contribution in [2.45, 2.75) is 39.5 Å². The number of anilines is 1. The second-order valence-electron chi connectivity index (χ2n) is 5.90. The Balaban J connectivity index is 1.79. The smallest absolute Gasteiger partial charge is 0.223 e. The summed E-state index contributed by atoms with van der Waals surface area (Å²) in [5.74, 6) is 0.687. The molecular weight excluding hydrogens is 274 g/mol. The average molecular weight is 297 g/mol. The molecule has 0 radical (unpaired) electrons. The van der Waals surface area contributed by atoms with Crippen molar-refractivity contribution in [2.75, 3.05) is 11.9 Å². The van der Waals surface area contributed by atoms with Gasteiger partial charge < -0.3 is 5.32 Å². The number of hydrogen-bond acceptors (Lipinski definition) is 4. The highest BCUT2D eigenvalue weighted by Crippen LogP contribution is 2.25. The summed E-state index contributed by atoms with van der Waals surface area (Å²) in [5.41, 5.74) is 5.62. The fourth-order valence-corrected chi connectivity index (χ4v) is 2.99. The lowest BCUT2D eigenvalue weighted by Crippen LogP contribution is -2.09. The van der Waals surface area contributed by atoms with Gasteiger partial charge in [-0.3, -0.25) is 4.68 Å². The average Bonchev–Trinajstić information content (AvgIpc) is 2.79. The molecule has 0 spiro atoms. The summed E-state index contributed by atoms with van der Waals surface area (Å²) in [6.07, 6.45) is 9.15. The summed E-state index contributed by atoms with van der Waals surface area (Å²) in [6.45, 7) is 4.93. The monoisotopic (exact) mass is 297 g/mol. The van der Waals surface area contributed by atoms with Gasteiger partial charge in [-0.15, -0.1) is 0 Å². The topological polar surface area (TPSA) is 55.6 Å². The quantitative estimate of drug-likeness (QED) is 0.879. The number of aryl methyl sites for hydroxylation is 2. The summed E-state index contributed by atoms with van der Waals surface area (Å²) in [6, 6.07) is 1.95. The molecule has 5 nitrogen and oxygen atoms in total. The van der Waals surface area contributed by atoms with Crippen LogP contribution in [0.1, 0.15) is 37.1 Å². The summed E-state index contributed by atoms with van der Waals surface area (Å²) in [4.78, 5) is 9.00. The highest BCUT2D eigenvalue weighted by atomic mass is 15.3. The molecule has 5 heteroatoms. The Bertz CT molecular complexity index is 699. The van der Waals surface area contributed by atoms with Crippen LogP contribution in [0.25, 0.3) is 11.3 Å². The molecule has 116 valence electrons. The third-order valence-electron chi connectivity index (χ3n) is 4.28. The first-order valence-electron chi connectivity index (χ1n) is 7.90. The molecule has 0 saturated heterocycles. The van der Waals surface area contributed by atoms with Crippen LogP contribution in [-0.2, 0) is 7.05 Å². The van der Waals surface area contributed by atoms with Crippen molar-refractivity contribution < 1.29 is 0 Å². The van der Waals surface area contributed by atoms with Crippen molar-refractivity contribution in [3.63, 3.8) is 0 Å². The summed E-state index contributed by atoms with van der Waals surface area (Å²) < 4.78 is 1.90. The van der Waals surface area contributed by atoms with Gasteiger partial charge in [-0.05, 0) is 45.6 Å². The van der Waals surface area contributed by atoms with E-state index in [-0.39, 0.29) is 0 Å². The first-order chi connectivity index (χ1) is 10.6. The highest BCUT2D eigenvalue weighted by Gasteiger charge is 2.13. The molecule has 0 atom stereocenters. The molecule has 0 amide bonds. The minimum atomic E-state index is 0.687. The van der Waals surface area contributed by atoms with Crippen LogP contribution in [0.2, 0.25) is 0 Å². The Kier molecular flexibility index (Phi) is 4.22. The van der Waals surface area contributed by atoms with E-state index in [0.29, 0.717) is 5.95 Å². The molecule has 0 saturated carbocycles. The number of allylic oxidation sites excluding steroid dienone is 1. The van der Waals surface area contributed by atoms with Crippen LogP contribution in [0.5, 0.6) is 0 Å². The van der Waals surface area contributed by atoms with E-state index in [2.05, 4.69) is 33.4 Å². The fourth-order valence-electron chi connectivity index (χ4n) is 2.99. The first kappa shape index (κ1) is 14.8. The van der Waals surface area contributed by atoms with Crippen LogP contribution >= 0.6 is 0 Å². The van der Waals surface area contributed by atoms with Gasteiger partial charge in [0.15, 0.2) is 0 Å². The number of aromatic nitrogens is 4. The zero-order valence-electron chi connectivity index (χ0n) is 13.6. The van der Waals surface area contributed by atoms with E-state index in [1.807, 2.05) is 30.9 Å².